The van der Waals surface area contributed by atoms with Crippen molar-refractivity contribution in [1.82, 2.24) is 10.2 Å². The van der Waals surface area contributed by atoms with Gasteiger partial charge in [-0.2, -0.15) is 0 Å². The zero-order valence-corrected chi connectivity index (χ0v) is 13.6. The van der Waals surface area contributed by atoms with E-state index in [4.69, 9.17) is 11.6 Å². The van der Waals surface area contributed by atoms with Crippen LogP contribution < -0.4 is 5.32 Å². The SMILES string of the molecule is Cl.Cl.Oc1ccc([C@@H](C2CC2)N2CCNCC2)cc1Cl. The minimum atomic E-state index is 0. The number of rotatable bonds is 3. The van der Waals surface area contributed by atoms with E-state index in [2.05, 4.69) is 10.2 Å². The fourth-order valence-electron chi connectivity index (χ4n) is 2.86. The van der Waals surface area contributed by atoms with E-state index in [9.17, 15) is 5.11 Å². The summed E-state index contributed by atoms with van der Waals surface area (Å²) in [5.74, 6) is 0.944. The van der Waals surface area contributed by atoms with Crippen LogP contribution in [0.1, 0.15) is 24.4 Å². The number of nitrogens with one attached hydrogen (secondary N) is 1. The number of phenols is 1. The number of benzene rings is 1. The van der Waals surface area contributed by atoms with Gasteiger partial charge in [-0.25, -0.2) is 0 Å². The first kappa shape index (κ1) is 17.9. The molecule has 0 amide bonds. The van der Waals surface area contributed by atoms with Gasteiger partial charge in [-0.15, -0.1) is 24.8 Å². The third-order valence-electron chi connectivity index (χ3n) is 3.93. The van der Waals surface area contributed by atoms with E-state index in [1.165, 1.54) is 18.4 Å². The lowest BCUT2D eigenvalue weighted by molar-refractivity contribution is 0.156. The molecule has 20 heavy (non-hydrogen) atoms. The van der Waals surface area contributed by atoms with Gasteiger partial charge in [-0.3, -0.25) is 4.90 Å². The fourth-order valence-corrected chi connectivity index (χ4v) is 3.05. The Kier molecular flexibility index (Phi) is 6.89. The third-order valence-corrected chi connectivity index (χ3v) is 4.23. The fraction of sp³-hybridized carbons (Fsp3) is 0.571. The van der Waals surface area contributed by atoms with Gasteiger partial charge in [0.05, 0.1) is 5.02 Å². The second-order valence-corrected chi connectivity index (χ2v) is 5.69. The van der Waals surface area contributed by atoms with Crippen molar-refractivity contribution in [1.29, 1.82) is 0 Å². The molecule has 6 heteroatoms. The smallest absolute Gasteiger partial charge is 0.134 e. The topological polar surface area (TPSA) is 35.5 Å². The molecule has 3 nitrogen and oxygen atoms in total. The Morgan fingerprint density at radius 1 is 1.20 bits per heavy atom. The van der Waals surface area contributed by atoms with Crippen LogP contribution in [0.15, 0.2) is 18.2 Å². The highest BCUT2D eigenvalue weighted by molar-refractivity contribution is 6.32. The van der Waals surface area contributed by atoms with E-state index in [1.54, 1.807) is 6.07 Å². The Bertz CT molecular complexity index is 434. The predicted molar refractivity (Wildman–Crippen MR) is 87.5 cm³/mol. The maximum Gasteiger partial charge on any atom is 0.134 e. The Morgan fingerprint density at radius 3 is 2.40 bits per heavy atom. The van der Waals surface area contributed by atoms with Crippen LogP contribution in [0.2, 0.25) is 5.02 Å². The molecule has 1 aliphatic carbocycles. The van der Waals surface area contributed by atoms with Crippen molar-refractivity contribution in [3.8, 4) is 5.75 Å². The van der Waals surface area contributed by atoms with Crippen LogP contribution in [0, 0.1) is 5.92 Å². The summed E-state index contributed by atoms with van der Waals surface area (Å²) in [4.78, 5) is 2.55. The molecule has 1 heterocycles. The number of hydrogen-bond donors (Lipinski definition) is 2. The molecule has 1 aromatic carbocycles. The van der Waals surface area contributed by atoms with Crippen molar-refractivity contribution in [2.45, 2.75) is 18.9 Å². The second-order valence-electron chi connectivity index (χ2n) is 5.28. The zero-order chi connectivity index (χ0) is 12.5. The highest BCUT2D eigenvalue weighted by atomic mass is 35.5. The van der Waals surface area contributed by atoms with Crippen LogP contribution in [-0.2, 0) is 0 Å². The van der Waals surface area contributed by atoms with Gasteiger partial charge >= 0.3 is 0 Å². The van der Waals surface area contributed by atoms with Gasteiger partial charge in [0.15, 0.2) is 0 Å². The third kappa shape index (κ3) is 3.92. The van der Waals surface area contributed by atoms with Gasteiger partial charge in [0.1, 0.15) is 5.75 Å². The number of aromatic hydroxyl groups is 1. The quantitative estimate of drug-likeness (QED) is 0.887. The van der Waals surface area contributed by atoms with Crippen molar-refractivity contribution < 1.29 is 5.11 Å². The lowest BCUT2D eigenvalue weighted by Gasteiger charge is -2.35. The van der Waals surface area contributed by atoms with E-state index in [0.29, 0.717) is 11.1 Å². The molecule has 0 bridgehead atoms. The number of hydrogen-bond acceptors (Lipinski definition) is 3. The summed E-state index contributed by atoms with van der Waals surface area (Å²) in [6, 6.07) is 6.15. The molecule has 3 rings (SSSR count). The van der Waals surface area contributed by atoms with E-state index >= 15 is 0 Å². The lowest BCUT2D eigenvalue weighted by Crippen LogP contribution is -2.45. The number of halogens is 3. The van der Waals surface area contributed by atoms with Crippen LogP contribution in [0.25, 0.3) is 0 Å². The summed E-state index contributed by atoms with van der Waals surface area (Å²) in [6.07, 6.45) is 2.63. The molecular weight excluding hydrogens is 319 g/mol. The van der Waals surface area contributed by atoms with Crippen molar-refractivity contribution >= 4 is 36.4 Å². The number of phenolic OH excluding ortho intramolecular Hbond substituents is 1. The van der Waals surface area contributed by atoms with Crippen LogP contribution in [-0.4, -0.2) is 36.2 Å². The normalized spacial score (nSPS) is 20.6. The molecule has 1 aliphatic heterocycles. The van der Waals surface area contributed by atoms with Gasteiger partial charge in [0.25, 0.3) is 0 Å². The standard InChI is InChI=1S/C14H19ClN2O.2ClH/c15-12-9-11(3-4-13(12)18)14(10-1-2-10)17-7-5-16-6-8-17;;/h3-4,9-10,14,16,18H,1-2,5-8H2;2*1H/t14-;;/m1../s1. The maximum absolute atomic E-state index is 9.53. The first-order chi connectivity index (χ1) is 8.75. The van der Waals surface area contributed by atoms with E-state index in [1.807, 2.05) is 12.1 Å². The molecule has 1 aromatic rings. The molecule has 1 saturated carbocycles. The molecule has 1 saturated heterocycles. The monoisotopic (exact) mass is 338 g/mol. The average Bonchev–Trinajstić information content (AvgIpc) is 3.20. The largest absolute Gasteiger partial charge is 0.506 e. The van der Waals surface area contributed by atoms with Crippen LogP contribution >= 0.6 is 36.4 Å². The molecular formula is C14H21Cl3N2O. The number of nitrogens with zero attached hydrogens (tertiary/aromatic N) is 1. The van der Waals surface area contributed by atoms with Crippen molar-refractivity contribution in [3.63, 3.8) is 0 Å². The van der Waals surface area contributed by atoms with E-state index < -0.39 is 0 Å². The Balaban J connectivity index is 0.000001000. The van der Waals surface area contributed by atoms with Crippen LogP contribution in [0.5, 0.6) is 5.75 Å². The minimum Gasteiger partial charge on any atom is -0.506 e. The molecule has 114 valence electrons. The van der Waals surface area contributed by atoms with E-state index in [0.717, 1.165) is 32.1 Å². The first-order valence-corrected chi connectivity index (χ1v) is 7.06. The minimum absolute atomic E-state index is 0. The molecule has 0 unspecified atom stereocenters. The average molecular weight is 340 g/mol. The summed E-state index contributed by atoms with van der Waals surface area (Å²) in [6.45, 7) is 4.32. The molecule has 1 atom stereocenters. The molecule has 2 N–H and O–H groups in total. The molecule has 2 aliphatic rings. The predicted octanol–water partition coefficient (Wildman–Crippen LogP) is 3.25. The van der Waals surface area contributed by atoms with Crippen molar-refractivity contribution in [2.24, 2.45) is 5.92 Å². The zero-order valence-electron chi connectivity index (χ0n) is 11.2. The van der Waals surface area contributed by atoms with Crippen molar-refractivity contribution in [3.05, 3.63) is 28.8 Å². The van der Waals surface area contributed by atoms with Crippen molar-refractivity contribution in [2.75, 3.05) is 26.2 Å². The molecule has 0 radical (unpaired) electrons. The summed E-state index contributed by atoms with van der Waals surface area (Å²) in [5.41, 5.74) is 1.25. The Hall–Kier alpha value is -0.190. The van der Waals surface area contributed by atoms with E-state index in [-0.39, 0.29) is 30.6 Å². The molecule has 0 spiro atoms. The van der Waals surface area contributed by atoms with Gasteiger partial charge in [0, 0.05) is 32.2 Å². The van der Waals surface area contributed by atoms with Gasteiger partial charge in [-0.1, -0.05) is 17.7 Å². The highest BCUT2D eigenvalue weighted by Gasteiger charge is 2.36. The second kappa shape index (κ2) is 7.71. The first-order valence-electron chi connectivity index (χ1n) is 6.69. The van der Waals surface area contributed by atoms with Crippen LogP contribution in [0.4, 0.5) is 0 Å². The highest BCUT2D eigenvalue weighted by Crippen LogP contribution is 2.45. The number of piperazine rings is 1. The lowest BCUT2D eigenvalue weighted by atomic mass is 9.99. The van der Waals surface area contributed by atoms with Gasteiger partial charge in [-0.05, 0) is 36.5 Å². The summed E-state index contributed by atoms with van der Waals surface area (Å²) >= 11 is 6.04. The Morgan fingerprint density at radius 2 is 1.85 bits per heavy atom. The van der Waals surface area contributed by atoms with Gasteiger partial charge < -0.3 is 10.4 Å². The summed E-state index contributed by atoms with van der Waals surface area (Å²) in [5, 5.41) is 13.4. The molecule has 0 aromatic heterocycles. The summed E-state index contributed by atoms with van der Waals surface area (Å²) < 4.78 is 0. The molecule has 2 fully saturated rings. The van der Waals surface area contributed by atoms with Gasteiger partial charge in [0.2, 0.25) is 0 Å². The van der Waals surface area contributed by atoms with Crippen LogP contribution in [0.3, 0.4) is 0 Å². The Labute approximate surface area is 137 Å². The maximum atomic E-state index is 9.53. The summed E-state index contributed by atoms with van der Waals surface area (Å²) in [7, 11) is 0.